The van der Waals surface area contributed by atoms with Crippen molar-refractivity contribution in [3.8, 4) is 5.75 Å². The number of hydrogen-bond donors (Lipinski definition) is 1. The van der Waals surface area contributed by atoms with E-state index in [4.69, 9.17) is 10.5 Å². The number of fused-ring (bicyclic) bond motifs is 1. The van der Waals surface area contributed by atoms with E-state index in [2.05, 4.69) is 0 Å². The SMILES string of the molecule is NCCC(F)c1cccc2c1OCCC2. The topological polar surface area (TPSA) is 35.2 Å². The van der Waals surface area contributed by atoms with Crippen LogP contribution in [0.25, 0.3) is 0 Å². The van der Waals surface area contributed by atoms with Crippen molar-refractivity contribution in [2.45, 2.75) is 25.4 Å². The van der Waals surface area contributed by atoms with E-state index in [0.717, 1.165) is 24.2 Å². The van der Waals surface area contributed by atoms with Crippen molar-refractivity contribution in [2.75, 3.05) is 13.2 Å². The number of para-hydroxylation sites is 1. The zero-order valence-electron chi connectivity index (χ0n) is 8.71. The fourth-order valence-corrected chi connectivity index (χ4v) is 1.96. The van der Waals surface area contributed by atoms with Gasteiger partial charge in [0.05, 0.1) is 6.61 Å². The second-order valence-electron chi connectivity index (χ2n) is 3.83. The summed E-state index contributed by atoms with van der Waals surface area (Å²) in [5, 5.41) is 0. The predicted octanol–water partition coefficient (Wildman–Crippen LogP) is 2.37. The molecule has 0 spiro atoms. The zero-order chi connectivity index (χ0) is 10.7. The van der Waals surface area contributed by atoms with Gasteiger partial charge in [-0.25, -0.2) is 4.39 Å². The Kier molecular flexibility index (Phi) is 3.21. The number of aryl methyl sites for hydroxylation is 1. The van der Waals surface area contributed by atoms with Gasteiger partial charge in [-0.1, -0.05) is 18.2 Å². The predicted molar refractivity (Wildman–Crippen MR) is 57.8 cm³/mol. The Hall–Kier alpha value is -1.09. The number of ether oxygens (including phenoxy) is 1. The van der Waals surface area contributed by atoms with Gasteiger partial charge in [-0.2, -0.15) is 0 Å². The number of rotatable bonds is 3. The summed E-state index contributed by atoms with van der Waals surface area (Å²) in [5.41, 5.74) is 7.15. The first-order chi connectivity index (χ1) is 7.33. The van der Waals surface area contributed by atoms with Crippen molar-refractivity contribution < 1.29 is 9.13 Å². The Labute approximate surface area is 89.2 Å². The standard InChI is InChI=1S/C12H16FNO/c13-11(6-7-14)10-5-1-3-9-4-2-8-15-12(9)10/h1,3,5,11H,2,4,6-8,14H2. The van der Waals surface area contributed by atoms with Crippen LogP contribution in [0.4, 0.5) is 4.39 Å². The Balaban J connectivity index is 2.30. The molecule has 1 unspecified atom stereocenters. The Morgan fingerprint density at radius 3 is 3.13 bits per heavy atom. The van der Waals surface area contributed by atoms with Gasteiger partial charge in [-0.3, -0.25) is 0 Å². The number of nitrogens with two attached hydrogens (primary N) is 1. The van der Waals surface area contributed by atoms with Gasteiger partial charge in [0.1, 0.15) is 11.9 Å². The fraction of sp³-hybridized carbons (Fsp3) is 0.500. The smallest absolute Gasteiger partial charge is 0.130 e. The molecule has 0 bridgehead atoms. The van der Waals surface area contributed by atoms with Crippen LogP contribution in [-0.2, 0) is 6.42 Å². The molecule has 0 amide bonds. The lowest BCUT2D eigenvalue weighted by atomic mass is 9.99. The molecule has 1 heterocycles. The molecule has 0 saturated heterocycles. The second kappa shape index (κ2) is 4.62. The van der Waals surface area contributed by atoms with Gasteiger partial charge in [0, 0.05) is 5.56 Å². The van der Waals surface area contributed by atoms with E-state index in [1.807, 2.05) is 12.1 Å². The molecule has 0 fully saturated rings. The van der Waals surface area contributed by atoms with E-state index >= 15 is 0 Å². The zero-order valence-corrected chi connectivity index (χ0v) is 8.71. The highest BCUT2D eigenvalue weighted by Gasteiger charge is 2.19. The monoisotopic (exact) mass is 209 g/mol. The van der Waals surface area contributed by atoms with Crippen molar-refractivity contribution >= 4 is 0 Å². The summed E-state index contributed by atoms with van der Waals surface area (Å²) in [4.78, 5) is 0. The van der Waals surface area contributed by atoms with Gasteiger partial charge in [0.2, 0.25) is 0 Å². The van der Waals surface area contributed by atoms with E-state index < -0.39 is 6.17 Å². The van der Waals surface area contributed by atoms with Crippen molar-refractivity contribution in [1.29, 1.82) is 0 Å². The maximum Gasteiger partial charge on any atom is 0.130 e. The Bertz CT molecular complexity index is 340. The van der Waals surface area contributed by atoms with Gasteiger partial charge >= 0.3 is 0 Å². The summed E-state index contributed by atoms with van der Waals surface area (Å²) in [7, 11) is 0. The summed E-state index contributed by atoms with van der Waals surface area (Å²) in [6.07, 6.45) is 1.37. The third kappa shape index (κ3) is 2.12. The molecule has 2 nitrogen and oxygen atoms in total. The van der Waals surface area contributed by atoms with E-state index in [9.17, 15) is 4.39 Å². The number of halogens is 1. The lowest BCUT2D eigenvalue weighted by Crippen LogP contribution is -2.12. The minimum atomic E-state index is -0.997. The van der Waals surface area contributed by atoms with Crippen LogP contribution in [0.2, 0.25) is 0 Å². The lowest BCUT2D eigenvalue weighted by molar-refractivity contribution is 0.264. The van der Waals surface area contributed by atoms with Gasteiger partial charge in [0.25, 0.3) is 0 Å². The summed E-state index contributed by atoms with van der Waals surface area (Å²) in [5.74, 6) is 0.754. The van der Waals surface area contributed by atoms with Gasteiger partial charge in [-0.05, 0) is 31.4 Å². The van der Waals surface area contributed by atoms with Gasteiger partial charge in [-0.15, -0.1) is 0 Å². The molecule has 15 heavy (non-hydrogen) atoms. The van der Waals surface area contributed by atoms with Crippen LogP contribution in [0.15, 0.2) is 18.2 Å². The number of benzene rings is 1. The second-order valence-corrected chi connectivity index (χ2v) is 3.83. The maximum atomic E-state index is 13.8. The Morgan fingerprint density at radius 1 is 1.47 bits per heavy atom. The number of hydrogen-bond acceptors (Lipinski definition) is 2. The first kappa shape index (κ1) is 10.4. The molecule has 2 rings (SSSR count). The highest BCUT2D eigenvalue weighted by Crippen LogP contribution is 2.35. The van der Waals surface area contributed by atoms with Gasteiger partial charge < -0.3 is 10.5 Å². The number of alkyl halides is 1. The van der Waals surface area contributed by atoms with E-state index in [0.29, 0.717) is 25.1 Å². The first-order valence-corrected chi connectivity index (χ1v) is 5.41. The molecule has 1 atom stereocenters. The van der Waals surface area contributed by atoms with Crippen molar-refractivity contribution in [3.05, 3.63) is 29.3 Å². The average Bonchev–Trinajstić information content (AvgIpc) is 2.28. The first-order valence-electron chi connectivity index (χ1n) is 5.41. The molecule has 0 aliphatic carbocycles. The van der Waals surface area contributed by atoms with Crippen LogP contribution >= 0.6 is 0 Å². The molecule has 82 valence electrons. The van der Waals surface area contributed by atoms with E-state index in [1.54, 1.807) is 6.07 Å². The van der Waals surface area contributed by atoms with Crippen LogP contribution < -0.4 is 10.5 Å². The van der Waals surface area contributed by atoms with Crippen molar-refractivity contribution in [3.63, 3.8) is 0 Å². The molecule has 1 aliphatic heterocycles. The minimum absolute atomic E-state index is 0.361. The molecule has 2 N–H and O–H groups in total. The average molecular weight is 209 g/mol. The van der Waals surface area contributed by atoms with Crippen LogP contribution in [0.5, 0.6) is 5.75 Å². The van der Waals surface area contributed by atoms with Crippen LogP contribution in [0.1, 0.15) is 30.1 Å². The molecule has 0 radical (unpaired) electrons. The molecule has 3 heteroatoms. The molecule has 1 aromatic carbocycles. The van der Waals surface area contributed by atoms with Crippen molar-refractivity contribution in [2.24, 2.45) is 5.73 Å². The molecule has 0 saturated carbocycles. The minimum Gasteiger partial charge on any atom is -0.493 e. The molecule has 1 aromatic rings. The summed E-state index contributed by atoms with van der Waals surface area (Å²) >= 11 is 0. The maximum absolute atomic E-state index is 13.8. The largest absolute Gasteiger partial charge is 0.493 e. The Morgan fingerprint density at radius 2 is 2.33 bits per heavy atom. The highest BCUT2D eigenvalue weighted by molar-refractivity contribution is 5.44. The fourth-order valence-electron chi connectivity index (χ4n) is 1.96. The summed E-state index contributed by atoms with van der Waals surface area (Å²) in [6, 6.07) is 5.70. The van der Waals surface area contributed by atoms with Crippen LogP contribution in [-0.4, -0.2) is 13.2 Å². The van der Waals surface area contributed by atoms with Gasteiger partial charge in [0.15, 0.2) is 0 Å². The van der Waals surface area contributed by atoms with Crippen LogP contribution in [0, 0.1) is 0 Å². The van der Waals surface area contributed by atoms with E-state index in [-0.39, 0.29) is 0 Å². The molecular formula is C12H16FNO. The molecular weight excluding hydrogens is 193 g/mol. The summed E-state index contributed by atoms with van der Waals surface area (Å²) < 4.78 is 19.3. The summed E-state index contributed by atoms with van der Waals surface area (Å²) in [6.45, 7) is 1.06. The quantitative estimate of drug-likeness (QED) is 0.829. The van der Waals surface area contributed by atoms with E-state index in [1.165, 1.54) is 0 Å². The highest BCUT2D eigenvalue weighted by atomic mass is 19.1. The third-order valence-electron chi connectivity index (χ3n) is 2.72. The molecule has 1 aliphatic rings. The third-order valence-corrected chi connectivity index (χ3v) is 2.72. The van der Waals surface area contributed by atoms with Crippen molar-refractivity contribution in [1.82, 2.24) is 0 Å². The normalized spacial score (nSPS) is 16.7. The molecule has 0 aromatic heterocycles. The lowest BCUT2D eigenvalue weighted by Gasteiger charge is -2.21. The van der Waals surface area contributed by atoms with Crippen LogP contribution in [0.3, 0.4) is 0 Å².